The summed E-state index contributed by atoms with van der Waals surface area (Å²) in [6.45, 7) is 3.23. The minimum Gasteiger partial charge on any atom is -0.497 e. The molecular weight excluding hydrogens is 262 g/mol. The van der Waals surface area contributed by atoms with Gasteiger partial charge in [0, 0.05) is 25.7 Å². The van der Waals surface area contributed by atoms with Crippen molar-refractivity contribution in [1.82, 2.24) is 15.1 Å². The summed E-state index contributed by atoms with van der Waals surface area (Å²) in [4.78, 5) is 0. The SMILES string of the molecule is CCCNC(Cc1ccc(OC)cc1)Cc1ccn(C)n1. The van der Waals surface area contributed by atoms with Crippen LogP contribution in [0.25, 0.3) is 0 Å². The Bertz CT molecular complexity index is 533. The average Bonchev–Trinajstić information content (AvgIpc) is 2.90. The summed E-state index contributed by atoms with van der Waals surface area (Å²) < 4.78 is 7.07. The summed E-state index contributed by atoms with van der Waals surface area (Å²) in [5, 5.41) is 8.11. The second-order valence-electron chi connectivity index (χ2n) is 5.39. The molecule has 1 N–H and O–H groups in total. The molecule has 0 aliphatic rings. The number of aromatic nitrogens is 2. The van der Waals surface area contributed by atoms with Gasteiger partial charge in [0.15, 0.2) is 0 Å². The highest BCUT2D eigenvalue weighted by Gasteiger charge is 2.11. The molecule has 4 heteroatoms. The second kappa shape index (κ2) is 7.84. The van der Waals surface area contributed by atoms with E-state index >= 15 is 0 Å². The highest BCUT2D eigenvalue weighted by Crippen LogP contribution is 2.14. The number of aryl methyl sites for hydroxylation is 1. The molecule has 4 nitrogen and oxygen atoms in total. The number of methoxy groups -OCH3 is 1. The number of ether oxygens (including phenoxy) is 1. The molecule has 0 radical (unpaired) electrons. The van der Waals surface area contributed by atoms with E-state index in [0.29, 0.717) is 6.04 Å². The van der Waals surface area contributed by atoms with Crippen molar-refractivity contribution in [2.75, 3.05) is 13.7 Å². The van der Waals surface area contributed by atoms with E-state index in [1.165, 1.54) is 5.56 Å². The summed E-state index contributed by atoms with van der Waals surface area (Å²) in [6.07, 6.45) is 5.09. The van der Waals surface area contributed by atoms with E-state index < -0.39 is 0 Å². The molecule has 0 aliphatic carbocycles. The quantitative estimate of drug-likeness (QED) is 0.811. The predicted molar refractivity (Wildman–Crippen MR) is 85.7 cm³/mol. The van der Waals surface area contributed by atoms with Crippen molar-refractivity contribution in [1.29, 1.82) is 0 Å². The van der Waals surface area contributed by atoms with Gasteiger partial charge in [-0.25, -0.2) is 0 Å². The van der Waals surface area contributed by atoms with Crippen LogP contribution >= 0.6 is 0 Å². The van der Waals surface area contributed by atoms with Crippen molar-refractivity contribution >= 4 is 0 Å². The van der Waals surface area contributed by atoms with Gasteiger partial charge in [0.25, 0.3) is 0 Å². The number of hydrogen-bond acceptors (Lipinski definition) is 3. The van der Waals surface area contributed by atoms with Gasteiger partial charge in [0.2, 0.25) is 0 Å². The summed E-state index contributed by atoms with van der Waals surface area (Å²) in [5.41, 5.74) is 2.46. The summed E-state index contributed by atoms with van der Waals surface area (Å²) >= 11 is 0. The van der Waals surface area contributed by atoms with Crippen LogP contribution in [-0.2, 0) is 19.9 Å². The minimum atomic E-state index is 0.410. The average molecular weight is 287 g/mol. The van der Waals surface area contributed by atoms with Crippen LogP contribution in [0.2, 0.25) is 0 Å². The molecular formula is C17H25N3O. The number of rotatable bonds is 8. The Morgan fingerprint density at radius 1 is 1.19 bits per heavy atom. The first-order valence-electron chi connectivity index (χ1n) is 7.56. The molecule has 0 aliphatic heterocycles. The first-order valence-corrected chi connectivity index (χ1v) is 7.56. The van der Waals surface area contributed by atoms with Crippen molar-refractivity contribution in [3.8, 4) is 5.75 Å². The van der Waals surface area contributed by atoms with Gasteiger partial charge in [-0.2, -0.15) is 5.10 Å². The molecule has 1 heterocycles. The smallest absolute Gasteiger partial charge is 0.118 e. The molecule has 1 atom stereocenters. The molecule has 114 valence electrons. The Morgan fingerprint density at radius 3 is 2.52 bits per heavy atom. The van der Waals surface area contributed by atoms with E-state index in [2.05, 4.69) is 35.5 Å². The third-order valence-electron chi connectivity index (χ3n) is 3.55. The van der Waals surface area contributed by atoms with Crippen LogP contribution < -0.4 is 10.1 Å². The van der Waals surface area contributed by atoms with E-state index in [1.807, 2.05) is 30.1 Å². The van der Waals surface area contributed by atoms with E-state index in [9.17, 15) is 0 Å². The molecule has 1 aromatic carbocycles. The van der Waals surface area contributed by atoms with E-state index in [-0.39, 0.29) is 0 Å². The minimum absolute atomic E-state index is 0.410. The Balaban J connectivity index is 2.00. The fraction of sp³-hybridized carbons (Fsp3) is 0.471. The van der Waals surface area contributed by atoms with Crippen molar-refractivity contribution in [3.05, 3.63) is 47.8 Å². The zero-order valence-corrected chi connectivity index (χ0v) is 13.2. The summed E-state index contributed by atoms with van der Waals surface area (Å²) in [7, 11) is 3.66. The van der Waals surface area contributed by atoms with Crippen LogP contribution in [0.3, 0.4) is 0 Å². The predicted octanol–water partition coefficient (Wildman–Crippen LogP) is 2.58. The number of nitrogens with zero attached hydrogens (tertiary/aromatic N) is 2. The van der Waals surface area contributed by atoms with Crippen LogP contribution in [0, 0.1) is 0 Å². The summed E-state index contributed by atoms with van der Waals surface area (Å²) in [5.74, 6) is 0.904. The number of benzene rings is 1. The Hall–Kier alpha value is -1.81. The van der Waals surface area contributed by atoms with Gasteiger partial charge in [-0.05, 0) is 43.1 Å². The first kappa shape index (κ1) is 15.6. The standard InChI is InChI=1S/C17H25N3O/c1-4-10-18-16(13-15-9-11-20(2)19-15)12-14-5-7-17(21-3)8-6-14/h5-9,11,16,18H,4,10,12-13H2,1-3H3. The molecule has 0 fully saturated rings. The van der Waals surface area contributed by atoms with Crippen molar-refractivity contribution in [2.24, 2.45) is 7.05 Å². The zero-order chi connectivity index (χ0) is 15.1. The van der Waals surface area contributed by atoms with Gasteiger partial charge >= 0.3 is 0 Å². The lowest BCUT2D eigenvalue weighted by atomic mass is 10.0. The topological polar surface area (TPSA) is 39.1 Å². The van der Waals surface area contributed by atoms with Crippen LogP contribution in [0.4, 0.5) is 0 Å². The monoisotopic (exact) mass is 287 g/mol. The van der Waals surface area contributed by atoms with Gasteiger partial charge in [-0.1, -0.05) is 19.1 Å². The van der Waals surface area contributed by atoms with Gasteiger partial charge in [0.1, 0.15) is 5.75 Å². The molecule has 1 aromatic heterocycles. The lowest BCUT2D eigenvalue weighted by Gasteiger charge is -2.18. The van der Waals surface area contributed by atoms with Crippen molar-refractivity contribution in [3.63, 3.8) is 0 Å². The number of hydrogen-bond donors (Lipinski definition) is 1. The van der Waals surface area contributed by atoms with Gasteiger partial charge in [0.05, 0.1) is 12.8 Å². The Labute approximate surface area is 127 Å². The normalized spacial score (nSPS) is 12.3. The summed E-state index contributed by atoms with van der Waals surface area (Å²) in [6, 6.07) is 10.8. The van der Waals surface area contributed by atoms with Gasteiger partial charge in [-0.15, -0.1) is 0 Å². The third kappa shape index (κ3) is 4.90. The first-order chi connectivity index (χ1) is 10.2. The maximum absolute atomic E-state index is 5.21. The molecule has 21 heavy (non-hydrogen) atoms. The maximum Gasteiger partial charge on any atom is 0.118 e. The second-order valence-corrected chi connectivity index (χ2v) is 5.39. The van der Waals surface area contributed by atoms with Crippen molar-refractivity contribution in [2.45, 2.75) is 32.2 Å². The lowest BCUT2D eigenvalue weighted by Crippen LogP contribution is -2.34. The molecule has 0 spiro atoms. The van der Waals surface area contributed by atoms with Crippen LogP contribution in [0.15, 0.2) is 36.5 Å². The maximum atomic E-state index is 5.21. The molecule has 2 aromatic rings. The fourth-order valence-electron chi connectivity index (χ4n) is 2.44. The largest absolute Gasteiger partial charge is 0.497 e. The number of nitrogens with one attached hydrogen (secondary N) is 1. The highest BCUT2D eigenvalue weighted by molar-refractivity contribution is 5.27. The van der Waals surface area contributed by atoms with E-state index in [0.717, 1.165) is 37.3 Å². The lowest BCUT2D eigenvalue weighted by molar-refractivity contribution is 0.414. The van der Waals surface area contributed by atoms with Gasteiger partial charge in [-0.3, -0.25) is 4.68 Å². The Kier molecular flexibility index (Phi) is 5.81. The zero-order valence-electron chi connectivity index (χ0n) is 13.2. The van der Waals surface area contributed by atoms with E-state index in [1.54, 1.807) is 7.11 Å². The van der Waals surface area contributed by atoms with Crippen LogP contribution in [-0.4, -0.2) is 29.5 Å². The highest BCUT2D eigenvalue weighted by atomic mass is 16.5. The van der Waals surface area contributed by atoms with Crippen LogP contribution in [0.5, 0.6) is 5.75 Å². The van der Waals surface area contributed by atoms with Crippen LogP contribution in [0.1, 0.15) is 24.6 Å². The molecule has 0 amide bonds. The van der Waals surface area contributed by atoms with Gasteiger partial charge < -0.3 is 10.1 Å². The molecule has 0 saturated carbocycles. The van der Waals surface area contributed by atoms with E-state index in [4.69, 9.17) is 4.74 Å². The molecule has 0 bridgehead atoms. The Morgan fingerprint density at radius 2 is 1.95 bits per heavy atom. The molecule has 2 rings (SSSR count). The molecule has 0 saturated heterocycles. The third-order valence-corrected chi connectivity index (χ3v) is 3.55. The van der Waals surface area contributed by atoms with Crippen molar-refractivity contribution < 1.29 is 4.74 Å². The molecule has 1 unspecified atom stereocenters. The fourth-order valence-corrected chi connectivity index (χ4v) is 2.44.